The van der Waals surface area contributed by atoms with Crippen LogP contribution in [0.25, 0.3) is 0 Å². The molecular formula is C14H16ClNO3. The maximum absolute atomic E-state index is 12.2. The van der Waals surface area contributed by atoms with E-state index >= 15 is 0 Å². The first-order chi connectivity index (χ1) is 9.11. The molecule has 0 saturated carbocycles. The molecule has 0 bridgehead atoms. The van der Waals surface area contributed by atoms with Crippen LogP contribution in [0.1, 0.15) is 24.8 Å². The number of aryl methyl sites for hydroxylation is 1. The van der Waals surface area contributed by atoms with Crippen molar-refractivity contribution in [1.82, 2.24) is 0 Å². The summed E-state index contributed by atoms with van der Waals surface area (Å²) in [5.41, 5.74) is 2.00. The van der Waals surface area contributed by atoms with Crippen molar-refractivity contribution in [1.29, 1.82) is 0 Å². The summed E-state index contributed by atoms with van der Waals surface area (Å²) in [6.07, 6.45) is 2.14. The molecule has 1 aromatic carbocycles. The third-order valence-electron chi connectivity index (χ3n) is 3.23. The zero-order chi connectivity index (χ0) is 13.8. The van der Waals surface area contributed by atoms with Crippen molar-refractivity contribution in [2.45, 2.75) is 25.7 Å². The lowest BCUT2D eigenvalue weighted by molar-refractivity contribution is -0.141. The fourth-order valence-corrected chi connectivity index (χ4v) is 2.47. The Morgan fingerprint density at radius 1 is 1.37 bits per heavy atom. The molecule has 0 spiro atoms. The fourth-order valence-electron chi connectivity index (χ4n) is 2.27. The number of carbonyl (C=O) groups is 2. The molecule has 0 N–H and O–H groups in total. The fraction of sp³-hybridized carbons (Fsp3) is 0.429. The number of methoxy groups -OCH3 is 1. The molecule has 102 valence electrons. The number of amides is 1. The van der Waals surface area contributed by atoms with Gasteiger partial charge in [0.2, 0.25) is 5.91 Å². The average Bonchev–Trinajstić information content (AvgIpc) is 2.43. The molecule has 0 aliphatic carbocycles. The molecule has 2 rings (SSSR count). The Balaban J connectivity index is 2.10. The molecule has 5 heteroatoms. The van der Waals surface area contributed by atoms with Gasteiger partial charge < -0.3 is 9.64 Å². The van der Waals surface area contributed by atoms with Gasteiger partial charge in [-0.25, -0.2) is 0 Å². The van der Waals surface area contributed by atoms with Gasteiger partial charge in [-0.1, -0.05) is 11.6 Å². The number of benzene rings is 1. The highest BCUT2D eigenvalue weighted by atomic mass is 35.5. The molecule has 0 fully saturated rings. The summed E-state index contributed by atoms with van der Waals surface area (Å²) >= 11 is 5.96. The van der Waals surface area contributed by atoms with Gasteiger partial charge in [0.05, 0.1) is 13.5 Å². The van der Waals surface area contributed by atoms with Gasteiger partial charge in [-0.2, -0.15) is 0 Å². The van der Waals surface area contributed by atoms with Gasteiger partial charge in [0.1, 0.15) is 0 Å². The summed E-state index contributed by atoms with van der Waals surface area (Å²) in [6, 6.07) is 5.55. The van der Waals surface area contributed by atoms with E-state index in [1.54, 1.807) is 11.0 Å². The van der Waals surface area contributed by atoms with Gasteiger partial charge >= 0.3 is 5.97 Å². The lowest BCUT2D eigenvalue weighted by atomic mass is 10.0. The number of hydrogen-bond donors (Lipinski definition) is 0. The summed E-state index contributed by atoms with van der Waals surface area (Å²) in [4.78, 5) is 25.0. The van der Waals surface area contributed by atoms with E-state index in [1.807, 2.05) is 12.1 Å². The van der Waals surface area contributed by atoms with Crippen molar-refractivity contribution in [2.75, 3.05) is 18.6 Å². The minimum absolute atomic E-state index is 0.0475. The normalized spacial score (nSPS) is 13.9. The molecule has 1 aliphatic heterocycles. The Hall–Kier alpha value is -1.55. The largest absolute Gasteiger partial charge is 0.469 e. The summed E-state index contributed by atoms with van der Waals surface area (Å²) in [5.74, 6) is -0.407. The predicted octanol–water partition coefficient (Wildman–Crippen LogP) is 2.57. The van der Waals surface area contributed by atoms with Crippen molar-refractivity contribution in [3.63, 3.8) is 0 Å². The third-order valence-corrected chi connectivity index (χ3v) is 3.47. The number of anilines is 1. The summed E-state index contributed by atoms with van der Waals surface area (Å²) in [5, 5.41) is 0.683. The second-order valence-corrected chi connectivity index (χ2v) is 4.93. The standard InChI is InChI=1S/C14H16ClNO3/c1-19-14(18)7-6-13(17)16-8-2-3-10-9-11(15)4-5-12(10)16/h4-5,9H,2-3,6-8H2,1H3. The Morgan fingerprint density at radius 2 is 2.16 bits per heavy atom. The van der Waals surface area contributed by atoms with Crippen LogP contribution in [0.5, 0.6) is 0 Å². The van der Waals surface area contributed by atoms with E-state index in [-0.39, 0.29) is 24.7 Å². The first-order valence-corrected chi connectivity index (χ1v) is 6.65. The summed E-state index contributed by atoms with van der Waals surface area (Å²) in [6.45, 7) is 0.689. The molecular weight excluding hydrogens is 266 g/mol. The molecule has 1 amide bonds. The van der Waals surface area contributed by atoms with E-state index in [2.05, 4.69) is 4.74 Å². The van der Waals surface area contributed by atoms with Crippen molar-refractivity contribution in [3.8, 4) is 0 Å². The molecule has 0 unspecified atom stereocenters. The molecule has 19 heavy (non-hydrogen) atoms. The van der Waals surface area contributed by atoms with Gasteiger partial charge in [-0.15, -0.1) is 0 Å². The van der Waals surface area contributed by atoms with Crippen LogP contribution in [-0.2, 0) is 20.7 Å². The maximum Gasteiger partial charge on any atom is 0.306 e. The van der Waals surface area contributed by atoms with Crippen molar-refractivity contribution in [2.24, 2.45) is 0 Å². The zero-order valence-electron chi connectivity index (χ0n) is 10.8. The molecule has 1 heterocycles. The first kappa shape index (κ1) is 13.9. The number of rotatable bonds is 3. The lowest BCUT2D eigenvalue weighted by Gasteiger charge is -2.29. The van der Waals surface area contributed by atoms with E-state index in [0.717, 1.165) is 24.1 Å². The number of nitrogens with zero attached hydrogens (tertiary/aromatic N) is 1. The third kappa shape index (κ3) is 3.26. The van der Waals surface area contributed by atoms with Crippen LogP contribution < -0.4 is 4.90 Å². The summed E-state index contributed by atoms with van der Waals surface area (Å²) in [7, 11) is 1.32. The number of hydrogen-bond acceptors (Lipinski definition) is 3. The maximum atomic E-state index is 12.2. The van der Waals surface area contributed by atoms with Gasteiger partial charge in [0.15, 0.2) is 0 Å². The monoisotopic (exact) mass is 281 g/mol. The van der Waals surface area contributed by atoms with E-state index in [1.165, 1.54) is 7.11 Å². The summed E-state index contributed by atoms with van der Waals surface area (Å²) < 4.78 is 4.55. The van der Waals surface area contributed by atoms with Gasteiger partial charge in [-0.05, 0) is 36.6 Å². The Labute approximate surface area is 117 Å². The molecule has 1 aromatic rings. The van der Waals surface area contributed by atoms with Crippen molar-refractivity contribution >= 4 is 29.2 Å². The lowest BCUT2D eigenvalue weighted by Crippen LogP contribution is -2.35. The molecule has 1 aliphatic rings. The second kappa shape index (κ2) is 6.06. The number of halogens is 1. The van der Waals surface area contributed by atoms with Crippen LogP contribution >= 0.6 is 11.6 Å². The molecule has 0 radical (unpaired) electrons. The Kier molecular flexibility index (Phi) is 4.43. The number of carbonyl (C=O) groups excluding carboxylic acids is 2. The molecule has 0 atom stereocenters. The minimum atomic E-state index is -0.360. The molecule has 4 nitrogen and oxygen atoms in total. The number of esters is 1. The van der Waals surface area contributed by atoms with Crippen LogP contribution in [0, 0.1) is 0 Å². The van der Waals surface area contributed by atoms with Gasteiger partial charge in [-0.3, -0.25) is 9.59 Å². The van der Waals surface area contributed by atoms with E-state index in [9.17, 15) is 9.59 Å². The van der Waals surface area contributed by atoms with E-state index in [4.69, 9.17) is 11.6 Å². The highest BCUT2D eigenvalue weighted by Gasteiger charge is 2.22. The predicted molar refractivity (Wildman–Crippen MR) is 73.4 cm³/mol. The second-order valence-electron chi connectivity index (χ2n) is 4.50. The van der Waals surface area contributed by atoms with Crippen LogP contribution in [-0.4, -0.2) is 25.5 Å². The zero-order valence-corrected chi connectivity index (χ0v) is 11.6. The highest BCUT2D eigenvalue weighted by molar-refractivity contribution is 6.30. The van der Waals surface area contributed by atoms with Crippen LogP contribution in [0.3, 0.4) is 0 Å². The van der Waals surface area contributed by atoms with Crippen molar-refractivity contribution < 1.29 is 14.3 Å². The number of ether oxygens (including phenoxy) is 1. The average molecular weight is 282 g/mol. The van der Waals surface area contributed by atoms with E-state index < -0.39 is 0 Å². The van der Waals surface area contributed by atoms with E-state index in [0.29, 0.717) is 11.6 Å². The SMILES string of the molecule is COC(=O)CCC(=O)N1CCCc2cc(Cl)ccc21. The smallest absolute Gasteiger partial charge is 0.306 e. The van der Waals surface area contributed by atoms with Crippen LogP contribution in [0.2, 0.25) is 5.02 Å². The minimum Gasteiger partial charge on any atom is -0.469 e. The van der Waals surface area contributed by atoms with Crippen LogP contribution in [0.4, 0.5) is 5.69 Å². The van der Waals surface area contributed by atoms with Crippen LogP contribution in [0.15, 0.2) is 18.2 Å². The van der Waals surface area contributed by atoms with Gasteiger partial charge in [0, 0.05) is 23.7 Å². The molecule has 0 aromatic heterocycles. The highest BCUT2D eigenvalue weighted by Crippen LogP contribution is 2.30. The quantitative estimate of drug-likeness (QED) is 0.800. The Bertz CT molecular complexity index is 501. The Morgan fingerprint density at radius 3 is 2.89 bits per heavy atom. The van der Waals surface area contributed by atoms with Gasteiger partial charge in [0.25, 0.3) is 0 Å². The molecule has 0 saturated heterocycles. The first-order valence-electron chi connectivity index (χ1n) is 6.27. The topological polar surface area (TPSA) is 46.6 Å². The number of fused-ring (bicyclic) bond motifs is 1. The van der Waals surface area contributed by atoms with Crippen molar-refractivity contribution in [3.05, 3.63) is 28.8 Å².